The van der Waals surface area contributed by atoms with Gasteiger partial charge >= 0.3 is 0 Å². The number of carbonyl (C=O) groups is 2. The molecule has 0 unspecified atom stereocenters. The minimum absolute atomic E-state index is 0.0410. The highest BCUT2D eigenvalue weighted by Crippen LogP contribution is 2.16. The van der Waals surface area contributed by atoms with E-state index in [2.05, 4.69) is 20.6 Å². The van der Waals surface area contributed by atoms with Crippen LogP contribution in [0.1, 0.15) is 22.8 Å². The number of nitrogens with one attached hydrogen (secondary N) is 3. The lowest BCUT2D eigenvalue weighted by Crippen LogP contribution is -2.37. The summed E-state index contributed by atoms with van der Waals surface area (Å²) in [7, 11) is 0. The Bertz CT molecular complexity index is 787. The fourth-order valence-electron chi connectivity index (χ4n) is 2.38. The van der Waals surface area contributed by atoms with Gasteiger partial charge in [-0.3, -0.25) is 20.3 Å². The predicted octanol–water partition coefficient (Wildman–Crippen LogP) is 0.823. The van der Waals surface area contributed by atoms with Crippen LogP contribution in [0.5, 0.6) is 0 Å². The van der Waals surface area contributed by atoms with Crippen molar-refractivity contribution in [2.24, 2.45) is 9.98 Å². The number of carbonyl (C=O) groups excluding carboxylic acids is 2. The molecule has 0 saturated carbocycles. The lowest BCUT2D eigenvalue weighted by Gasteiger charge is -2.12. The van der Waals surface area contributed by atoms with Crippen LogP contribution in [0.2, 0.25) is 0 Å². The minimum atomic E-state index is -0.347. The lowest BCUT2D eigenvalue weighted by atomic mass is 10.1. The predicted molar refractivity (Wildman–Crippen MR) is 87.0 cm³/mol. The van der Waals surface area contributed by atoms with E-state index in [-0.39, 0.29) is 17.6 Å². The molecular weight excluding hydrogens is 294 g/mol. The third-order valence-electron chi connectivity index (χ3n) is 3.57. The van der Waals surface area contributed by atoms with Crippen molar-refractivity contribution in [3.8, 4) is 0 Å². The number of Topliss-reactive ketones (excluding diaryl/α,β-unsaturated/α-hetero) is 1. The standard InChI is InChI=1S/C16H15N5O2/c1-9(22)11-4-2-10(3-5-11)6-18-7-12-8-19-14-13(12)15(23)21-16(17)20-14/h2-5,8,18H,6-7H2,1H3,(H2,17,21,23). The van der Waals surface area contributed by atoms with Crippen molar-refractivity contribution in [3.63, 3.8) is 0 Å². The third kappa shape index (κ3) is 3.14. The molecular formula is C16H15N5O2. The Morgan fingerprint density at radius 2 is 2.00 bits per heavy atom. The Morgan fingerprint density at radius 1 is 1.26 bits per heavy atom. The Morgan fingerprint density at radius 3 is 2.70 bits per heavy atom. The van der Waals surface area contributed by atoms with E-state index in [1.54, 1.807) is 18.3 Å². The summed E-state index contributed by atoms with van der Waals surface area (Å²) < 4.78 is 0. The number of ketones is 1. The zero-order valence-electron chi connectivity index (χ0n) is 12.5. The highest BCUT2D eigenvalue weighted by atomic mass is 16.2. The molecule has 7 heteroatoms. The molecule has 2 aliphatic heterocycles. The van der Waals surface area contributed by atoms with Crippen LogP contribution < -0.4 is 10.6 Å². The van der Waals surface area contributed by atoms with Crippen molar-refractivity contribution in [2.45, 2.75) is 13.5 Å². The lowest BCUT2D eigenvalue weighted by molar-refractivity contribution is -0.115. The molecule has 3 N–H and O–H groups in total. The smallest absolute Gasteiger partial charge is 0.262 e. The summed E-state index contributed by atoms with van der Waals surface area (Å²) in [5, 5.41) is 13.0. The Labute approximate surface area is 132 Å². The number of aliphatic imine (C=N–C) groups is 2. The first-order valence-electron chi connectivity index (χ1n) is 7.11. The number of guanidine groups is 1. The first kappa shape index (κ1) is 15.0. The monoisotopic (exact) mass is 309 g/mol. The number of rotatable bonds is 5. The maximum absolute atomic E-state index is 11.9. The molecule has 0 fully saturated rings. The van der Waals surface area contributed by atoms with Gasteiger partial charge in [-0.1, -0.05) is 24.3 Å². The van der Waals surface area contributed by atoms with Crippen molar-refractivity contribution in [1.29, 1.82) is 5.41 Å². The van der Waals surface area contributed by atoms with Crippen LogP contribution in [0, 0.1) is 5.41 Å². The number of hydrogen-bond donors (Lipinski definition) is 3. The SMILES string of the molecule is CC(=O)c1ccc(CNCC2=C3C(=O)NC(=N)N=C3N=C2)cc1. The largest absolute Gasteiger partial charge is 0.309 e. The van der Waals surface area contributed by atoms with E-state index >= 15 is 0 Å². The van der Waals surface area contributed by atoms with Crippen molar-refractivity contribution in [3.05, 3.63) is 46.5 Å². The Hall–Kier alpha value is -2.93. The molecule has 0 bridgehead atoms. The summed E-state index contributed by atoms with van der Waals surface area (Å²) >= 11 is 0. The molecule has 0 spiro atoms. The van der Waals surface area contributed by atoms with Gasteiger partial charge in [-0.25, -0.2) is 4.99 Å². The number of hydrogen-bond acceptors (Lipinski definition) is 5. The van der Waals surface area contributed by atoms with E-state index in [1.165, 1.54) is 6.92 Å². The van der Waals surface area contributed by atoms with Gasteiger partial charge in [0.1, 0.15) is 0 Å². The number of amidine groups is 1. The summed E-state index contributed by atoms with van der Waals surface area (Å²) in [6.45, 7) is 2.61. The minimum Gasteiger partial charge on any atom is -0.309 e. The fourth-order valence-corrected chi connectivity index (χ4v) is 2.38. The average molecular weight is 309 g/mol. The van der Waals surface area contributed by atoms with Crippen LogP contribution in [0.4, 0.5) is 0 Å². The van der Waals surface area contributed by atoms with Crippen LogP contribution in [0.25, 0.3) is 0 Å². The van der Waals surface area contributed by atoms with Crippen LogP contribution in [-0.4, -0.2) is 36.2 Å². The quantitative estimate of drug-likeness (QED) is 0.701. The molecule has 2 aliphatic rings. The number of nitrogens with zero attached hydrogens (tertiary/aromatic N) is 2. The molecule has 1 aromatic rings. The molecule has 0 saturated heterocycles. The molecule has 1 amide bonds. The van der Waals surface area contributed by atoms with Gasteiger partial charge in [-0.15, -0.1) is 0 Å². The van der Waals surface area contributed by atoms with E-state index in [4.69, 9.17) is 5.41 Å². The summed E-state index contributed by atoms with van der Waals surface area (Å²) in [6, 6.07) is 7.38. The third-order valence-corrected chi connectivity index (χ3v) is 3.57. The van der Waals surface area contributed by atoms with Crippen molar-refractivity contribution < 1.29 is 9.59 Å². The molecule has 0 aromatic heterocycles. The summed E-state index contributed by atoms with van der Waals surface area (Å²) in [5.41, 5.74) is 2.89. The summed E-state index contributed by atoms with van der Waals surface area (Å²) in [6.07, 6.45) is 1.60. The molecule has 3 rings (SSSR count). The molecule has 0 aliphatic carbocycles. The Balaban J connectivity index is 1.64. The maximum Gasteiger partial charge on any atom is 0.262 e. The van der Waals surface area contributed by atoms with Gasteiger partial charge in [-0.05, 0) is 12.5 Å². The second-order valence-corrected chi connectivity index (χ2v) is 5.25. The van der Waals surface area contributed by atoms with Crippen LogP contribution in [-0.2, 0) is 11.3 Å². The van der Waals surface area contributed by atoms with Crippen molar-refractivity contribution in [1.82, 2.24) is 10.6 Å². The molecule has 0 radical (unpaired) electrons. The Kier molecular flexibility index (Phi) is 3.94. The van der Waals surface area contributed by atoms with E-state index in [0.29, 0.717) is 30.1 Å². The molecule has 0 atom stereocenters. The van der Waals surface area contributed by atoms with Crippen molar-refractivity contribution >= 4 is 29.7 Å². The first-order valence-corrected chi connectivity index (χ1v) is 7.11. The van der Waals surface area contributed by atoms with Gasteiger partial charge in [-0.2, -0.15) is 4.99 Å². The zero-order valence-corrected chi connectivity index (χ0v) is 12.5. The molecule has 7 nitrogen and oxygen atoms in total. The van der Waals surface area contributed by atoms with E-state index in [1.807, 2.05) is 12.1 Å². The van der Waals surface area contributed by atoms with Crippen molar-refractivity contribution in [2.75, 3.05) is 6.54 Å². The van der Waals surface area contributed by atoms with Crippen LogP contribution >= 0.6 is 0 Å². The number of amides is 1. The number of benzene rings is 1. The maximum atomic E-state index is 11.9. The molecule has 1 aromatic carbocycles. The summed E-state index contributed by atoms with van der Waals surface area (Å²) in [5.74, 6) is -0.202. The van der Waals surface area contributed by atoms with Gasteiger partial charge in [0.2, 0.25) is 5.96 Å². The molecule has 116 valence electrons. The fraction of sp³-hybridized carbons (Fsp3) is 0.188. The van der Waals surface area contributed by atoms with Crippen LogP contribution in [0.3, 0.4) is 0 Å². The van der Waals surface area contributed by atoms with Gasteiger partial charge in [0.05, 0.1) is 5.57 Å². The molecule has 23 heavy (non-hydrogen) atoms. The topological polar surface area (TPSA) is 107 Å². The van der Waals surface area contributed by atoms with Gasteiger partial charge in [0, 0.05) is 30.4 Å². The van der Waals surface area contributed by atoms with E-state index < -0.39 is 0 Å². The second kappa shape index (κ2) is 6.05. The summed E-state index contributed by atoms with van der Waals surface area (Å²) in [4.78, 5) is 31.1. The zero-order chi connectivity index (χ0) is 16.4. The average Bonchev–Trinajstić information content (AvgIpc) is 2.91. The first-order chi connectivity index (χ1) is 11.0. The van der Waals surface area contributed by atoms with Gasteiger partial charge in [0.15, 0.2) is 11.6 Å². The second-order valence-electron chi connectivity index (χ2n) is 5.25. The van der Waals surface area contributed by atoms with Crippen LogP contribution in [0.15, 0.2) is 45.4 Å². The normalized spacial score (nSPS) is 16.3. The van der Waals surface area contributed by atoms with E-state index in [9.17, 15) is 9.59 Å². The number of fused-ring (bicyclic) bond motifs is 1. The highest BCUT2D eigenvalue weighted by Gasteiger charge is 2.28. The molecule has 2 heterocycles. The van der Waals surface area contributed by atoms with Gasteiger partial charge in [0.25, 0.3) is 5.91 Å². The van der Waals surface area contributed by atoms with E-state index in [0.717, 1.165) is 11.1 Å². The highest BCUT2D eigenvalue weighted by molar-refractivity contribution is 6.35. The van der Waals surface area contributed by atoms with Gasteiger partial charge < -0.3 is 5.32 Å².